The number of rotatable bonds is 3. The first-order chi connectivity index (χ1) is 8.90. The summed E-state index contributed by atoms with van der Waals surface area (Å²) in [5, 5.41) is 4.83. The second-order valence-electron chi connectivity index (χ2n) is 4.41. The molecule has 5 nitrogen and oxygen atoms in total. The molecule has 100 valence electrons. The molecule has 0 fully saturated rings. The number of aromatic nitrogens is 2. The molecule has 6 heteroatoms. The molecule has 1 aromatic carbocycles. The Bertz CT molecular complexity index is 648. The van der Waals surface area contributed by atoms with E-state index in [1.807, 2.05) is 13.8 Å². The minimum Gasteiger partial charge on any atom is -0.396 e. The van der Waals surface area contributed by atoms with Crippen molar-refractivity contribution >= 4 is 23.2 Å². The molecule has 0 unspecified atom stereocenters. The van der Waals surface area contributed by atoms with Gasteiger partial charge < -0.3 is 11.5 Å². The van der Waals surface area contributed by atoms with E-state index in [0.717, 1.165) is 17.0 Å². The summed E-state index contributed by atoms with van der Waals surface area (Å²) in [5.74, 6) is -0.496. The summed E-state index contributed by atoms with van der Waals surface area (Å²) in [6.45, 7) is 4.26. The van der Waals surface area contributed by atoms with E-state index < -0.39 is 5.91 Å². The molecule has 0 spiro atoms. The van der Waals surface area contributed by atoms with Gasteiger partial charge in [0.15, 0.2) is 0 Å². The number of hydrogen-bond acceptors (Lipinski definition) is 3. The van der Waals surface area contributed by atoms with Gasteiger partial charge in [-0.25, -0.2) is 0 Å². The van der Waals surface area contributed by atoms with Crippen LogP contribution in [0.5, 0.6) is 0 Å². The summed E-state index contributed by atoms with van der Waals surface area (Å²) in [7, 11) is 0. The molecule has 0 radical (unpaired) electrons. The minimum absolute atomic E-state index is 0.390. The van der Waals surface area contributed by atoms with Crippen molar-refractivity contribution in [1.29, 1.82) is 0 Å². The molecule has 0 aliphatic rings. The van der Waals surface area contributed by atoms with Crippen LogP contribution in [0.15, 0.2) is 18.2 Å². The number of benzene rings is 1. The molecule has 19 heavy (non-hydrogen) atoms. The minimum atomic E-state index is -0.496. The summed E-state index contributed by atoms with van der Waals surface area (Å²) in [5.41, 5.74) is 14.7. The van der Waals surface area contributed by atoms with Gasteiger partial charge in [0.05, 0.1) is 23.6 Å². The van der Waals surface area contributed by atoms with Crippen LogP contribution in [0.1, 0.15) is 27.3 Å². The second-order valence-corrected chi connectivity index (χ2v) is 4.82. The highest BCUT2D eigenvalue weighted by atomic mass is 35.5. The molecular formula is C13H15ClN4O. The SMILES string of the molecule is Cc1nn(Cc2ccc(C(N)=O)cc2Cl)c(C)c1N. The number of aryl methyl sites for hydroxylation is 1. The van der Waals surface area contributed by atoms with Crippen molar-refractivity contribution in [1.82, 2.24) is 9.78 Å². The molecule has 1 amide bonds. The Morgan fingerprint density at radius 2 is 2.11 bits per heavy atom. The van der Waals surface area contributed by atoms with Crippen molar-refractivity contribution in [2.24, 2.45) is 5.73 Å². The van der Waals surface area contributed by atoms with Crippen molar-refractivity contribution in [3.8, 4) is 0 Å². The lowest BCUT2D eigenvalue weighted by Gasteiger charge is -2.08. The Kier molecular flexibility index (Phi) is 3.48. The molecule has 4 N–H and O–H groups in total. The van der Waals surface area contributed by atoms with E-state index in [-0.39, 0.29) is 0 Å². The maximum Gasteiger partial charge on any atom is 0.248 e. The summed E-state index contributed by atoms with van der Waals surface area (Å²) in [6.07, 6.45) is 0. The lowest BCUT2D eigenvalue weighted by Crippen LogP contribution is -2.11. The van der Waals surface area contributed by atoms with Crippen LogP contribution in [0.25, 0.3) is 0 Å². The number of halogens is 1. The summed E-state index contributed by atoms with van der Waals surface area (Å²) >= 11 is 6.14. The first-order valence-electron chi connectivity index (χ1n) is 5.78. The van der Waals surface area contributed by atoms with Crippen LogP contribution in [0, 0.1) is 13.8 Å². The predicted octanol–water partition coefficient (Wildman–Crippen LogP) is 1.88. The summed E-state index contributed by atoms with van der Waals surface area (Å²) in [6, 6.07) is 4.99. The van der Waals surface area contributed by atoms with Gasteiger partial charge in [0.1, 0.15) is 0 Å². The highest BCUT2D eigenvalue weighted by Crippen LogP contribution is 2.21. The third kappa shape index (κ3) is 2.56. The lowest BCUT2D eigenvalue weighted by molar-refractivity contribution is 0.100. The molecular weight excluding hydrogens is 264 g/mol. The van der Waals surface area contributed by atoms with Gasteiger partial charge in [-0.2, -0.15) is 5.10 Å². The quantitative estimate of drug-likeness (QED) is 0.899. The summed E-state index contributed by atoms with van der Waals surface area (Å²) < 4.78 is 1.79. The average molecular weight is 279 g/mol. The molecule has 2 rings (SSSR count). The topological polar surface area (TPSA) is 86.9 Å². The predicted molar refractivity (Wildman–Crippen MR) is 75.2 cm³/mol. The molecule has 0 saturated heterocycles. The van der Waals surface area contributed by atoms with Crippen LogP contribution in [-0.2, 0) is 6.54 Å². The normalized spacial score (nSPS) is 10.7. The standard InChI is InChI=1S/C13H15ClN4O/c1-7-12(15)8(2)18(17-7)6-10-4-3-9(13(16)19)5-11(10)14/h3-5H,6,15H2,1-2H3,(H2,16,19). The van der Waals surface area contributed by atoms with Gasteiger partial charge in [-0.1, -0.05) is 17.7 Å². The van der Waals surface area contributed by atoms with E-state index in [4.69, 9.17) is 23.1 Å². The number of hydrogen-bond donors (Lipinski definition) is 2. The highest BCUT2D eigenvalue weighted by Gasteiger charge is 2.11. The van der Waals surface area contributed by atoms with Crippen molar-refractivity contribution < 1.29 is 4.79 Å². The zero-order valence-corrected chi connectivity index (χ0v) is 11.5. The Labute approximate surface area is 116 Å². The first kappa shape index (κ1) is 13.4. The van der Waals surface area contributed by atoms with E-state index in [1.54, 1.807) is 22.9 Å². The number of carbonyl (C=O) groups is 1. The van der Waals surface area contributed by atoms with Gasteiger partial charge in [0.2, 0.25) is 5.91 Å². The Balaban J connectivity index is 2.33. The van der Waals surface area contributed by atoms with Crippen LogP contribution < -0.4 is 11.5 Å². The molecule has 1 aromatic heterocycles. The van der Waals surface area contributed by atoms with Gasteiger partial charge in [0, 0.05) is 10.6 Å². The third-order valence-corrected chi connectivity index (χ3v) is 3.45. The van der Waals surface area contributed by atoms with E-state index >= 15 is 0 Å². The first-order valence-corrected chi connectivity index (χ1v) is 6.15. The van der Waals surface area contributed by atoms with Crippen molar-refractivity contribution in [3.63, 3.8) is 0 Å². The van der Waals surface area contributed by atoms with Crippen molar-refractivity contribution in [2.45, 2.75) is 20.4 Å². The fourth-order valence-electron chi connectivity index (χ4n) is 1.85. The zero-order valence-electron chi connectivity index (χ0n) is 10.8. The third-order valence-electron chi connectivity index (χ3n) is 3.10. The van der Waals surface area contributed by atoms with Gasteiger partial charge in [-0.05, 0) is 31.5 Å². The number of amides is 1. The van der Waals surface area contributed by atoms with Gasteiger partial charge in [-0.15, -0.1) is 0 Å². The van der Waals surface area contributed by atoms with Gasteiger partial charge in [-0.3, -0.25) is 9.48 Å². The molecule has 0 saturated carbocycles. The zero-order chi connectivity index (χ0) is 14.2. The number of anilines is 1. The van der Waals surface area contributed by atoms with Crippen LogP contribution in [0.3, 0.4) is 0 Å². The second kappa shape index (κ2) is 4.93. The van der Waals surface area contributed by atoms with Crippen molar-refractivity contribution in [3.05, 3.63) is 45.7 Å². The van der Waals surface area contributed by atoms with Crippen molar-refractivity contribution in [2.75, 3.05) is 5.73 Å². The molecule has 0 aliphatic carbocycles. The fourth-order valence-corrected chi connectivity index (χ4v) is 2.10. The van der Waals surface area contributed by atoms with E-state index in [2.05, 4.69) is 5.10 Å². The Hall–Kier alpha value is -2.01. The number of primary amides is 1. The van der Waals surface area contributed by atoms with Crippen LogP contribution in [0.2, 0.25) is 5.02 Å². The average Bonchev–Trinajstić information content (AvgIpc) is 2.59. The molecule has 0 aliphatic heterocycles. The summed E-state index contributed by atoms with van der Waals surface area (Å²) in [4.78, 5) is 11.1. The lowest BCUT2D eigenvalue weighted by atomic mass is 10.1. The number of nitrogens with two attached hydrogens (primary N) is 2. The number of nitrogen functional groups attached to an aromatic ring is 1. The highest BCUT2D eigenvalue weighted by molar-refractivity contribution is 6.31. The van der Waals surface area contributed by atoms with Crippen LogP contribution >= 0.6 is 11.6 Å². The maximum absolute atomic E-state index is 11.1. The van der Waals surface area contributed by atoms with Gasteiger partial charge in [0.25, 0.3) is 0 Å². The van der Waals surface area contributed by atoms with Crippen LogP contribution in [0.4, 0.5) is 5.69 Å². The Morgan fingerprint density at radius 3 is 2.58 bits per heavy atom. The van der Waals surface area contributed by atoms with Gasteiger partial charge >= 0.3 is 0 Å². The molecule has 1 heterocycles. The van der Waals surface area contributed by atoms with E-state index in [0.29, 0.717) is 22.8 Å². The largest absolute Gasteiger partial charge is 0.396 e. The molecule has 2 aromatic rings. The van der Waals surface area contributed by atoms with E-state index in [1.165, 1.54) is 0 Å². The monoisotopic (exact) mass is 278 g/mol. The maximum atomic E-state index is 11.1. The van der Waals surface area contributed by atoms with E-state index in [9.17, 15) is 4.79 Å². The van der Waals surface area contributed by atoms with Crippen LogP contribution in [-0.4, -0.2) is 15.7 Å². The fraction of sp³-hybridized carbons (Fsp3) is 0.231. The molecule has 0 atom stereocenters. The number of carbonyl (C=O) groups excluding carboxylic acids is 1. The smallest absolute Gasteiger partial charge is 0.248 e. The molecule has 0 bridgehead atoms. The number of nitrogens with zero attached hydrogens (tertiary/aromatic N) is 2. The Morgan fingerprint density at radius 1 is 1.42 bits per heavy atom.